The summed E-state index contributed by atoms with van der Waals surface area (Å²) in [6, 6.07) is 11.0. The van der Waals surface area contributed by atoms with E-state index in [0.29, 0.717) is 22.6 Å². The molecule has 0 aliphatic rings. The van der Waals surface area contributed by atoms with E-state index in [2.05, 4.69) is 15.6 Å². The van der Waals surface area contributed by atoms with Crippen molar-refractivity contribution < 1.29 is 9.59 Å². The predicted octanol–water partition coefficient (Wildman–Crippen LogP) is 3.29. The van der Waals surface area contributed by atoms with Crippen molar-refractivity contribution in [3.8, 4) is 0 Å². The maximum Gasteiger partial charge on any atom is 0.321 e. The van der Waals surface area contributed by atoms with Crippen LogP contribution in [-0.2, 0) is 11.3 Å². The van der Waals surface area contributed by atoms with Crippen LogP contribution in [0.1, 0.15) is 27.7 Å². The monoisotopic (exact) mass is 412 g/mol. The molecule has 8 heteroatoms. The largest absolute Gasteiger partial charge is 0.333 e. The van der Waals surface area contributed by atoms with Crippen LogP contribution in [0.15, 0.2) is 46.3 Å². The van der Waals surface area contributed by atoms with Crippen LogP contribution in [0.4, 0.5) is 4.79 Å². The smallest absolute Gasteiger partial charge is 0.321 e. The van der Waals surface area contributed by atoms with Gasteiger partial charge in [0.2, 0.25) is 5.91 Å². The Morgan fingerprint density at radius 2 is 1.79 bits per heavy atom. The van der Waals surface area contributed by atoms with Crippen LogP contribution < -0.4 is 16.2 Å². The first-order chi connectivity index (χ1) is 13.7. The zero-order valence-corrected chi connectivity index (χ0v) is 17.7. The number of imide groups is 1. The number of hydrogen-bond acceptors (Lipinski definition) is 5. The van der Waals surface area contributed by atoms with Crippen LogP contribution in [0.25, 0.3) is 21.7 Å². The van der Waals surface area contributed by atoms with E-state index in [4.69, 9.17) is 0 Å². The molecule has 3 aromatic rings. The minimum atomic E-state index is -0.547. The van der Waals surface area contributed by atoms with Gasteiger partial charge in [-0.1, -0.05) is 36.0 Å². The second-order valence-corrected chi connectivity index (χ2v) is 8.64. The highest BCUT2D eigenvalue weighted by molar-refractivity contribution is 7.99. The van der Waals surface area contributed by atoms with E-state index in [1.54, 1.807) is 4.57 Å². The number of thioether (sulfide) groups is 1. The Bertz CT molecular complexity index is 1150. The molecule has 3 rings (SSSR count). The fraction of sp³-hybridized carbons (Fsp3) is 0.333. The molecule has 0 saturated carbocycles. The van der Waals surface area contributed by atoms with Gasteiger partial charge in [0.05, 0.1) is 16.7 Å². The molecule has 0 fully saturated rings. The highest BCUT2D eigenvalue weighted by Gasteiger charge is 2.17. The minimum Gasteiger partial charge on any atom is -0.333 e. The van der Waals surface area contributed by atoms with Crippen LogP contribution in [-0.4, -0.2) is 32.8 Å². The lowest BCUT2D eigenvalue weighted by Crippen LogP contribution is -2.48. The number of benzene rings is 2. The molecular formula is C21H24N4O3S. The highest BCUT2D eigenvalue weighted by atomic mass is 32.2. The molecule has 29 heavy (non-hydrogen) atoms. The molecule has 0 aliphatic carbocycles. The molecule has 0 saturated heterocycles. The number of nitrogens with one attached hydrogen (secondary N) is 2. The number of carbonyl (C=O) groups is 2. The van der Waals surface area contributed by atoms with E-state index in [1.807, 2.05) is 64.1 Å². The first-order valence-electron chi connectivity index (χ1n) is 9.36. The van der Waals surface area contributed by atoms with Gasteiger partial charge in [-0.25, -0.2) is 9.78 Å². The third kappa shape index (κ3) is 4.95. The molecule has 0 atom stereocenters. The Balaban J connectivity index is 1.85. The molecular weight excluding hydrogens is 388 g/mol. The van der Waals surface area contributed by atoms with E-state index < -0.39 is 17.5 Å². The fourth-order valence-electron chi connectivity index (χ4n) is 2.94. The standard InChI is InChI=1S/C21H24N4O3S/c1-5-25-18(27)15-10-13-8-6-7-9-14(13)11-16(15)22-20(25)29-12-17(26)23-19(28)24-21(2,3)4/h6-11H,5,12H2,1-4H3,(H2,23,24,26,28). The van der Waals surface area contributed by atoms with Crippen LogP contribution in [0.5, 0.6) is 0 Å². The summed E-state index contributed by atoms with van der Waals surface area (Å²) >= 11 is 1.13. The van der Waals surface area contributed by atoms with Crippen molar-refractivity contribution in [3.05, 3.63) is 46.8 Å². The molecule has 0 spiro atoms. The van der Waals surface area contributed by atoms with Gasteiger partial charge < -0.3 is 5.32 Å². The van der Waals surface area contributed by atoms with Crippen molar-refractivity contribution in [2.75, 3.05) is 5.75 Å². The topological polar surface area (TPSA) is 93.1 Å². The van der Waals surface area contributed by atoms with Gasteiger partial charge in [0.25, 0.3) is 5.56 Å². The summed E-state index contributed by atoms with van der Waals surface area (Å²) in [6.45, 7) is 7.78. The van der Waals surface area contributed by atoms with Gasteiger partial charge >= 0.3 is 6.03 Å². The molecule has 1 heterocycles. The van der Waals surface area contributed by atoms with E-state index in [9.17, 15) is 14.4 Å². The molecule has 3 amide bonds. The van der Waals surface area contributed by atoms with Gasteiger partial charge in [0, 0.05) is 12.1 Å². The van der Waals surface area contributed by atoms with Crippen molar-refractivity contribution >= 4 is 45.4 Å². The lowest BCUT2D eigenvalue weighted by molar-refractivity contribution is -0.117. The minimum absolute atomic E-state index is 0.0247. The summed E-state index contributed by atoms with van der Waals surface area (Å²) in [4.78, 5) is 41.5. The lowest BCUT2D eigenvalue weighted by atomic mass is 10.1. The first-order valence-corrected chi connectivity index (χ1v) is 10.3. The summed E-state index contributed by atoms with van der Waals surface area (Å²) in [6.07, 6.45) is 0. The van der Waals surface area contributed by atoms with Crippen molar-refractivity contribution in [1.82, 2.24) is 20.2 Å². The Kier molecular flexibility index (Phi) is 5.93. The second kappa shape index (κ2) is 8.24. The van der Waals surface area contributed by atoms with E-state index in [1.165, 1.54) is 0 Å². The number of carbonyl (C=O) groups excluding carboxylic acids is 2. The van der Waals surface area contributed by atoms with Gasteiger partial charge in [0.1, 0.15) is 0 Å². The van der Waals surface area contributed by atoms with Crippen molar-refractivity contribution in [3.63, 3.8) is 0 Å². The molecule has 152 valence electrons. The van der Waals surface area contributed by atoms with Crippen molar-refractivity contribution in [1.29, 1.82) is 0 Å². The normalized spacial score (nSPS) is 11.6. The maximum atomic E-state index is 12.9. The molecule has 2 N–H and O–H groups in total. The SMILES string of the molecule is CCn1c(SCC(=O)NC(=O)NC(C)(C)C)nc2cc3ccccc3cc2c1=O. The van der Waals surface area contributed by atoms with Crippen LogP contribution in [0.2, 0.25) is 0 Å². The Labute approximate surface area is 172 Å². The summed E-state index contributed by atoms with van der Waals surface area (Å²) in [5.41, 5.74) is 0.00602. The van der Waals surface area contributed by atoms with Gasteiger partial charge in [0.15, 0.2) is 5.16 Å². The average Bonchev–Trinajstić information content (AvgIpc) is 2.63. The van der Waals surface area contributed by atoms with Crippen molar-refractivity contribution in [2.24, 2.45) is 0 Å². The van der Waals surface area contributed by atoms with Gasteiger partial charge in [-0.15, -0.1) is 0 Å². The summed E-state index contributed by atoms with van der Waals surface area (Å²) < 4.78 is 1.55. The number of aromatic nitrogens is 2. The first kappa shape index (κ1) is 20.9. The van der Waals surface area contributed by atoms with Gasteiger partial charge in [-0.2, -0.15) is 0 Å². The third-order valence-electron chi connectivity index (χ3n) is 4.18. The van der Waals surface area contributed by atoms with Crippen LogP contribution in [0.3, 0.4) is 0 Å². The predicted molar refractivity (Wildman–Crippen MR) is 116 cm³/mol. The molecule has 0 radical (unpaired) electrons. The lowest BCUT2D eigenvalue weighted by Gasteiger charge is -2.20. The Morgan fingerprint density at radius 1 is 1.14 bits per heavy atom. The fourth-order valence-corrected chi connectivity index (χ4v) is 3.80. The Morgan fingerprint density at radius 3 is 2.41 bits per heavy atom. The molecule has 0 bridgehead atoms. The number of fused-ring (bicyclic) bond motifs is 2. The molecule has 2 aromatic carbocycles. The highest BCUT2D eigenvalue weighted by Crippen LogP contribution is 2.22. The summed E-state index contributed by atoms with van der Waals surface area (Å²) in [5, 5.41) is 7.93. The quantitative estimate of drug-likeness (QED) is 0.390. The number of hydrogen-bond donors (Lipinski definition) is 2. The maximum absolute atomic E-state index is 12.9. The number of rotatable bonds is 4. The van der Waals surface area contributed by atoms with Gasteiger partial charge in [-0.05, 0) is 50.6 Å². The van der Waals surface area contributed by atoms with E-state index in [0.717, 1.165) is 22.5 Å². The van der Waals surface area contributed by atoms with Gasteiger partial charge in [-0.3, -0.25) is 19.5 Å². The zero-order valence-electron chi connectivity index (χ0n) is 16.9. The second-order valence-electron chi connectivity index (χ2n) is 7.70. The number of urea groups is 1. The number of nitrogens with zero attached hydrogens (tertiary/aromatic N) is 2. The summed E-state index contributed by atoms with van der Waals surface area (Å²) in [5.74, 6) is -0.476. The average molecular weight is 413 g/mol. The van der Waals surface area contributed by atoms with Crippen molar-refractivity contribution in [2.45, 2.75) is 44.9 Å². The third-order valence-corrected chi connectivity index (χ3v) is 5.15. The zero-order chi connectivity index (χ0) is 21.2. The molecule has 0 unspecified atom stereocenters. The van der Waals surface area contributed by atoms with Crippen LogP contribution >= 0.6 is 11.8 Å². The number of amides is 3. The van der Waals surface area contributed by atoms with E-state index in [-0.39, 0.29) is 11.3 Å². The Hall–Kier alpha value is -2.87. The molecule has 0 aliphatic heterocycles. The molecule has 7 nitrogen and oxygen atoms in total. The van der Waals surface area contributed by atoms with E-state index >= 15 is 0 Å². The summed E-state index contributed by atoms with van der Waals surface area (Å²) in [7, 11) is 0. The molecule has 1 aromatic heterocycles. The van der Waals surface area contributed by atoms with Crippen LogP contribution in [0, 0.1) is 0 Å².